The first kappa shape index (κ1) is 12.8. The van der Waals surface area contributed by atoms with Crippen LogP contribution in [0.3, 0.4) is 0 Å². The van der Waals surface area contributed by atoms with Gasteiger partial charge in [0.1, 0.15) is 12.4 Å². The van der Waals surface area contributed by atoms with Gasteiger partial charge in [0, 0.05) is 19.3 Å². The van der Waals surface area contributed by atoms with Gasteiger partial charge in [0.15, 0.2) is 0 Å². The molecule has 0 saturated carbocycles. The van der Waals surface area contributed by atoms with Crippen molar-refractivity contribution in [3.8, 4) is 5.75 Å². The molecule has 0 saturated heterocycles. The third kappa shape index (κ3) is 4.05. The first-order chi connectivity index (χ1) is 7.57. The maximum absolute atomic E-state index is 11.2. The molecule has 1 aromatic rings. The largest absolute Gasteiger partial charge is 0.492 e. The topological polar surface area (TPSA) is 93.5 Å². The van der Waals surface area contributed by atoms with E-state index >= 15 is 0 Å². The zero-order valence-electron chi connectivity index (χ0n) is 8.93. The summed E-state index contributed by atoms with van der Waals surface area (Å²) >= 11 is 0. The average Bonchev–Trinajstić information content (AvgIpc) is 2.28. The van der Waals surface area contributed by atoms with Crippen LogP contribution >= 0.6 is 0 Å². The smallest absolute Gasteiger partial charge is 0.298 e. The molecule has 0 bridgehead atoms. The van der Waals surface area contributed by atoms with E-state index in [2.05, 4.69) is 9.44 Å². The number of nitrogens with two attached hydrogens (primary N) is 1. The molecule has 0 aliphatic carbocycles. The minimum Gasteiger partial charge on any atom is -0.492 e. The Kier molecular flexibility index (Phi) is 4.53. The van der Waals surface area contributed by atoms with Crippen LogP contribution in [0.5, 0.6) is 5.75 Å². The summed E-state index contributed by atoms with van der Waals surface area (Å²) in [6.45, 7) is 0.871. The number of nitrogens with one attached hydrogen (secondary N) is 2. The van der Waals surface area contributed by atoms with Crippen molar-refractivity contribution >= 4 is 15.9 Å². The second-order valence-corrected chi connectivity index (χ2v) is 4.59. The van der Waals surface area contributed by atoms with Crippen LogP contribution in [0.25, 0.3) is 0 Å². The van der Waals surface area contributed by atoms with Crippen LogP contribution in [-0.4, -0.2) is 28.6 Å². The van der Waals surface area contributed by atoms with Gasteiger partial charge in [0.2, 0.25) is 0 Å². The Morgan fingerprint density at radius 1 is 1.31 bits per heavy atom. The predicted molar refractivity (Wildman–Crippen MR) is 62.6 cm³/mol. The molecule has 1 aromatic carbocycles. The van der Waals surface area contributed by atoms with Gasteiger partial charge in [-0.05, 0) is 24.3 Å². The quantitative estimate of drug-likeness (QED) is 0.652. The van der Waals surface area contributed by atoms with E-state index in [1.54, 1.807) is 24.3 Å². The second-order valence-electron chi connectivity index (χ2n) is 2.97. The zero-order chi connectivity index (χ0) is 12.0. The lowest BCUT2D eigenvalue weighted by Gasteiger charge is -2.08. The van der Waals surface area contributed by atoms with E-state index in [-0.39, 0.29) is 0 Å². The van der Waals surface area contributed by atoms with Crippen molar-refractivity contribution in [2.45, 2.75) is 0 Å². The molecule has 1 rings (SSSR count). The summed E-state index contributed by atoms with van der Waals surface area (Å²) in [4.78, 5) is 0. The fraction of sp³-hybridized carbons (Fsp3) is 0.333. The van der Waals surface area contributed by atoms with E-state index < -0.39 is 10.2 Å². The molecule has 0 aliphatic rings. The number of ether oxygens (including phenoxy) is 1. The van der Waals surface area contributed by atoms with Gasteiger partial charge in [-0.2, -0.15) is 8.42 Å². The predicted octanol–water partition coefficient (Wildman–Crippen LogP) is -0.0998. The summed E-state index contributed by atoms with van der Waals surface area (Å²) in [5.74, 6) is 0.651. The fourth-order valence-corrected chi connectivity index (χ4v) is 1.55. The van der Waals surface area contributed by atoms with E-state index in [1.807, 2.05) is 0 Å². The Bertz CT molecular complexity index is 416. The first-order valence-corrected chi connectivity index (χ1v) is 6.20. The van der Waals surface area contributed by atoms with Crippen LogP contribution in [0.1, 0.15) is 0 Å². The van der Waals surface area contributed by atoms with Gasteiger partial charge >= 0.3 is 0 Å². The number of rotatable bonds is 6. The van der Waals surface area contributed by atoms with Gasteiger partial charge in [-0.25, -0.2) is 4.72 Å². The molecule has 0 fully saturated rings. The Hall–Kier alpha value is -1.31. The standard InChI is InChI=1S/C9H15N3O3S/c1-11-16(13,14)12-8-2-4-9(5-3-8)15-7-6-10/h2-5,11-12H,6-7,10H2,1H3. The molecule has 6 nitrogen and oxygen atoms in total. The maximum atomic E-state index is 11.2. The summed E-state index contributed by atoms with van der Waals surface area (Å²) in [6.07, 6.45) is 0. The van der Waals surface area contributed by atoms with Crippen LogP contribution in [-0.2, 0) is 10.2 Å². The monoisotopic (exact) mass is 245 g/mol. The Labute approximate surface area is 95.0 Å². The van der Waals surface area contributed by atoms with E-state index in [0.717, 1.165) is 0 Å². The van der Waals surface area contributed by atoms with E-state index in [1.165, 1.54) is 7.05 Å². The van der Waals surface area contributed by atoms with Crippen LogP contribution in [0.15, 0.2) is 24.3 Å². The molecule has 90 valence electrons. The lowest BCUT2D eigenvalue weighted by atomic mass is 10.3. The van der Waals surface area contributed by atoms with Crippen molar-refractivity contribution in [1.29, 1.82) is 0 Å². The number of benzene rings is 1. The van der Waals surface area contributed by atoms with Gasteiger partial charge in [0.25, 0.3) is 10.2 Å². The van der Waals surface area contributed by atoms with Crippen molar-refractivity contribution in [2.75, 3.05) is 24.9 Å². The molecular weight excluding hydrogens is 230 g/mol. The summed E-state index contributed by atoms with van der Waals surface area (Å²) in [7, 11) is -2.13. The Balaban J connectivity index is 2.65. The minimum absolute atomic E-state index is 0.432. The van der Waals surface area contributed by atoms with Gasteiger partial charge < -0.3 is 10.5 Å². The van der Waals surface area contributed by atoms with Gasteiger partial charge in [-0.1, -0.05) is 0 Å². The second kappa shape index (κ2) is 5.69. The number of hydrogen-bond acceptors (Lipinski definition) is 4. The van der Waals surface area contributed by atoms with Crippen LogP contribution in [0.4, 0.5) is 5.69 Å². The SMILES string of the molecule is CNS(=O)(=O)Nc1ccc(OCCN)cc1. The molecule has 16 heavy (non-hydrogen) atoms. The number of anilines is 1. The molecule has 4 N–H and O–H groups in total. The highest BCUT2D eigenvalue weighted by Gasteiger charge is 2.05. The molecule has 0 unspecified atom stereocenters. The minimum atomic E-state index is -3.46. The third-order valence-electron chi connectivity index (χ3n) is 1.76. The molecule has 0 aliphatic heterocycles. The highest BCUT2D eigenvalue weighted by Crippen LogP contribution is 2.15. The van der Waals surface area contributed by atoms with E-state index in [0.29, 0.717) is 24.6 Å². The van der Waals surface area contributed by atoms with Crippen molar-refractivity contribution in [2.24, 2.45) is 5.73 Å². The molecule has 0 atom stereocenters. The summed E-state index contributed by atoms with van der Waals surface area (Å²) in [5.41, 5.74) is 5.75. The molecule has 0 radical (unpaired) electrons. The third-order valence-corrected chi connectivity index (χ3v) is 2.80. The molecule has 7 heteroatoms. The van der Waals surface area contributed by atoms with Gasteiger partial charge in [-0.15, -0.1) is 0 Å². The highest BCUT2D eigenvalue weighted by atomic mass is 32.2. The van der Waals surface area contributed by atoms with Crippen molar-refractivity contribution in [3.05, 3.63) is 24.3 Å². The average molecular weight is 245 g/mol. The van der Waals surface area contributed by atoms with Crippen molar-refractivity contribution in [1.82, 2.24) is 4.72 Å². The van der Waals surface area contributed by atoms with Crippen LogP contribution < -0.4 is 19.9 Å². The Morgan fingerprint density at radius 3 is 2.44 bits per heavy atom. The normalized spacial score (nSPS) is 11.1. The van der Waals surface area contributed by atoms with E-state index in [4.69, 9.17) is 10.5 Å². The highest BCUT2D eigenvalue weighted by molar-refractivity contribution is 7.90. The molecule has 0 amide bonds. The van der Waals surface area contributed by atoms with Crippen molar-refractivity contribution < 1.29 is 13.2 Å². The lowest BCUT2D eigenvalue weighted by molar-refractivity contribution is 0.328. The fourth-order valence-electron chi connectivity index (χ4n) is 1.00. The maximum Gasteiger partial charge on any atom is 0.298 e. The van der Waals surface area contributed by atoms with Crippen LogP contribution in [0, 0.1) is 0 Å². The molecule has 0 aromatic heterocycles. The summed E-state index contributed by atoms with van der Waals surface area (Å²) in [5, 5.41) is 0. The first-order valence-electron chi connectivity index (χ1n) is 4.71. The van der Waals surface area contributed by atoms with E-state index in [9.17, 15) is 8.42 Å². The van der Waals surface area contributed by atoms with Crippen molar-refractivity contribution in [3.63, 3.8) is 0 Å². The van der Waals surface area contributed by atoms with Crippen LogP contribution in [0.2, 0.25) is 0 Å². The van der Waals surface area contributed by atoms with Gasteiger partial charge in [0.05, 0.1) is 0 Å². The number of hydrogen-bond donors (Lipinski definition) is 3. The zero-order valence-corrected chi connectivity index (χ0v) is 9.75. The lowest BCUT2D eigenvalue weighted by Crippen LogP contribution is -2.26. The molecular formula is C9H15N3O3S. The molecule has 0 heterocycles. The molecule has 0 spiro atoms. The Morgan fingerprint density at radius 2 is 1.94 bits per heavy atom. The van der Waals surface area contributed by atoms with Gasteiger partial charge in [-0.3, -0.25) is 4.72 Å². The summed E-state index contributed by atoms with van der Waals surface area (Å²) in [6, 6.07) is 6.56. The summed E-state index contributed by atoms with van der Waals surface area (Å²) < 4.78 is 32.0.